The molecule has 0 spiro atoms. The van der Waals surface area contributed by atoms with E-state index in [9.17, 15) is 4.79 Å². The van der Waals surface area contributed by atoms with Crippen LogP contribution in [0.15, 0.2) is 35.8 Å². The monoisotopic (exact) mass is 288 g/mol. The fraction of sp³-hybridized carbons (Fsp3) is 0.231. The van der Waals surface area contributed by atoms with Gasteiger partial charge in [0.05, 0.1) is 12.5 Å². The molecule has 6 nitrogen and oxygen atoms in total. The summed E-state index contributed by atoms with van der Waals surface area (Å²) in [7, 11) is 0. The zero-order chi connectivity index (χ0) is 14.2. The average Bonchev–Trinajstić information content (AvgIpc) is 3.01. The number of amides is 1. The van der Waals surface area contributed by atoms with E-state index in [1.165, 1.54) is 21.7 Å². The molecule has 0 aliphatic rings. The molecule has 20 heavy (non-hydrogen) atoms. The topological polar surface area (TPSA) is 79.1 Å². The summed E-state index contributed by atoms with van der Waals surface area (Å²) >= 11 is 1.22. The fourth-order valence-corrected chi connectivity index (χ4v) is 2.08. The lowest BCUT2D eigenvalue weighted by Gasteiger charge is -2.17. The Labute approximate surface area is 120 Å². The van der Waals surface area contributed by atoms with Gasteiger partial charge in [-0.2, -0.15) is 5.26 Å². The van der Waals surface area contributed by atoms with Crippen molar-refractivity contribution in [1.29, 1.82) is 5.26 Å². The fourth-order valence-electron chi connectivity index (χ4n) is 1.51. The van der Waals surface area contributed by atoms with E-state index in [4.69, 9.17) is 10.00 Å². The minimum absolute atomic E-state index is 0.182. The molecule has 1 aromatic heterocycles. The van der Waals surface area contributed by atoms with Gasteiger partial charge >= 0.3 is 6.09 Å². The first-order valence-corrected chi connectivity index (χ1v) is 6.80. The van der Waals surface area contributed by atoms with Gasteiger partial charge in [-0.25, -0.2) is 4.79 Å². The summed E-state index contributed by atoms with van der Waals surface area (Å²) in [6.07, 6.45) is -0.319. The number of rotatable bonds is 5. The number of carbonyl (C=O) groups excluding carboxylic acids is 1. The maximum Gasteiger partial charge on any atom is 0.416 e. The van der Waals surface area contributed by atoms with Crippen LogP contribution >= 0.6 is 11.3 Å². The van der Waals surface area contributed by atoms with Crippen LogP contribution in [-0.4, -0.2) is 22.8 Å². The third-order valence-corrected chi connectivity index (χ3v) is 3.16. The quantitative estimate of drug-likeness (QED) is 0.845. The van der Waals surface area contributed by atoms with Crippen LogP contribution in [0, 0.1) is 11.3 Å². The van der Waals surface area contributed by atoms with E-state index in [0.29, 0.717) is 5.13 Å². The molecule has 0 saturated heterocycles. The van der Waals surface area contributed by atoms with Crippen molar-refractivity contribution in [1.82, 2.24) is 10.2 Å². The van der Waals surface area contributed by atoms with Crippen LogP contribution in [0.3, 0.4) is 0 Å². The number of hydrogen-bond acceptors (Lipinski definition) is 6. The van der Waals surface area contributed by atoms with Crippen LogP contribution < -0.4 is 4.90 Å². The van der Waals surface area contributed by atoms with Crippen LogP contribution in [-0.2, 0) is 11.3 Å². The van der Waals surface area contributed by atoms with Crippen LogP contribution in [0.25, 0.3) is 0 Å². The largest absolute Gasteiger partial charge is 0.444 e. The minimum atomic E-state index is -0.527. The first kappa shape index (κ1) is 14.0. The Morgan fingerprint density at radius 1 is 1.40 bits per heavy atom. The zero-order valence-electron chi connectivity index (χ0n) is 10.6. The smallest absolute Gasteiger partial charge is 0.416 e. The molecule has 0 fully saturated rings. The summed E-state index contributed by atoms with van der Waals surface area (Å²) in [5, 5.41) is 16.6. The molecule has 0 N–H and O–H groups in total. The molecule has 2 aromatic rings. The van der Waals surface area contributed by atoms with Crippen molar-refractivity contribution in [2.24, 2.45) is 0 Å². The number of nitrogens with zero attached hydrogens (tertiary/aromatic N) is 4. The van der Waals surface area contributed by atoms with Crippen molar-refractivity contribution in [3.05, 3.63) is 41.4 Å². The third kappa shape index (κ3) is 3.76. The Bertz CT molecular complexity index is 580. The van der Waals surface area contributed by atoms with Crippen LogP contribution in [0.5, 0.6) is 0 Å². The van der Waals surface area contributed by atoms with E-state index in [1.54, 1.807) is 0 Å². The van der Waals surface area contributed by atoms with Crippen molar-refractivity contribution in [3.63, 3.8) is 0 Å². The molecule has 0 aliphatic heterocycles. The van der Waals surface area contributed by atoms with Crippen molar-refractivity contribution in [2.75, 3.05) is 11.4 Å². The molecule has 1 aromatic carbocycles. The molecule has 0 saturated carbocycles. The van der Waals surface area contributed by atoms with E-state index in [0.717, 1.165) is 5.56 Å². The van der Waals surface area contributed by atoms with Gasteiger partial charge in [-0.3, -0.25) is 4.90 Å². The van der Waals surface area contributed by atoms with E-state index < -0.39 is 6.09 Å². The zero-order valence-corrected chi connectivity index (χ0v) is 11.4. The predicted molar refractivity (Wildman–Crippen MR) is 74.1 cm³/mol. The van der Waals surface area contributed by atoms with Gasteiger partial charge in [0.15, 0.2) is 0 Å². The van der Waals surface area contributed by atoms with E-state index >= 15 is 0 Å². The molecule has 1 heterocycles. The second-order valence-corrected chi connectivity index (χ2v) is 4.63. The maximum atomic E-state index is 12.1. The number of nitriles is 1. The molecule has 1 amide bonds. The van der Waals surface area contributed by atoms with Crippen molar-refractivity contribution >= 4 is 22.6 Å². The molecule has 7 heteroatoms. The molecule has 0 atom stereocenters. The molecular weight excluding hydrogens is 276 g/mol. The normalized spacial score (nSPS) is 9.75. The standard InChI is InChI=1S/C13H12N4O2S/c14-7-4-8-17(12-16-15-10-20-12)13(18)19-9-11-5-2-1-3-6-11/h1-3,5-6,10H,4,8-9H2. The van der Waals surface area contributed by atoms with Gasteiger partial charge in [-0.15, -0.1) is 10.2 Å². The predicted octanol–water partition coefficient (Wildman–Crippen LogP) is 2.59. The third-order valence-electron chi connectivity index (χ3n) is 2.45. The Morgan fingerprint density at radius 3 is 2.85 bits per heavy atom. The van der Waals surface area contributed by atoms with Gasteiger partial charge in [0.25, 0.3) is 0 Å². The van der Waals surface area contributed by atoms with Gasteiger partial charge in [-0.05, 0) is 5.56 Å². The summed E-state index contributed by atoms with van der Waals surface area (Å²) in [6.45, 7) is 0.418. The number of aromatic nitrogens is 2. The molecular formula is C13H12N4O2S. The van der Waals surface area contributed by atoms with Gasteiger partial charge in [0.1, 0.15) is 12.1 Å². The first-order valence-electron chi connectivity index (χ1n) is 5.92. The molecule has 0 bridgehead atoms. The highest BCUT2D eigenvalue weighted by Gasteiger charge is 2.19. The highest BCUT2D eigenvalue weighted by atomic mass is 32.1. The van der Waals surface area contributed by atoms with Gasteiger partial charge < -0.3 is 4.74 Å². The molecule has 102 valence electrons. The Kier molecular flexibility index (Phi) is 5.03. The number of ether oxygens (including phenoxy) is 1. The molecule has 0 aliphatic carbocycles. The highest BCUT2D eigenvalue weighted by Crippen LogP contribution is 2.17. The number of carbonyl (C=O) groups is 1. The van der Waals surface area contributed by atoms with Crippen LogP contribution in [0.4, 0.5) is 9.93 Å². The lowest BCUT2D eigenvalue weighted by Crippen LogP contribution is -2.32. The van der Waals surface area contributed by atoms with Crippen molar-refractivity contribution in [2.45, 2.75) is 13.0 Å². The van der Waals surface area contributed by atoms with E-state index in [1.807, 2.05) is 36.4 Å². The molecule has 0 unspecified atom stereocenters. The summed E-state index contributed by atoms with van der Waals surface area (Å²) in [6, 6.07) is 11.4. The number of hydrogen-bond donors (Lipinski definition) is 0. The summed E-state index contributed by atoms with van der Waals surface area (Å²) in [5.41, 5.74) is 2.43. The SMILES string of the molecule is N#CCCN(C(=O)OCc1ccccc1)c1nncs1. The summed E-state index contributed by atoms with van der Waals surface area (Å²) in [5.74, 6) is 0. The summed E-state index contributed by atoms with van der Waals surface area (Å²) in [4.78, 5) is 13.4. The van der Waals surface area contributed by atoms with Crippen molar-refractivity contribution < 1.29 is 9.53 Å². The van der Waals surface area contributed by atoms with Crippen LogP contribution in [0.2, 0.25) is 0 Å². The van der Waals surface area contributed by atoms with Gasteiger partial charge in [-0.1, -0.05) is 41.7 Å². The number of anilines is 1. The Balaban J connectivity index is 1.98. The van der Waals surface area contributed by atoms with Crippen molar-refractivity contribution in [3.8, 4) is 6.07 Å². The molecule has 0 radical (unpaired) electrons. The Morgan fingerprint density at radius 2 is 2.20 bits per heavy atom. The average molecular weight is 288 g/mol. The minimum Gasteiger partial charge on any atom is -0.444 e. The highest BCUT2D eigenvalue weighted by molar-refractivity contribution is 7.13. The second kappa shape index (κ2) is 7.21. The van der Waals surface area contributed by atoms with Crippen LogP contribution in [0.1, 0.15) is 12.0 Å². The lowest BCUT2D eigenvalue weighted by molar-refractivity contribution is 0.147. The summed E-state index contributed by atoms with van der Waals surface area (Å²) < 4.78 is 5.23. The number of benzene rings is 1. The second-order valence-electron chi connectivity index (χ2n) is 3.82. The Hall–Kier alpha value is -2.46. The van der Waals surface area contributed by atoms with E-state index in [-0.39, 0.29) is 19.6 Å². The van der Waals surface area contributed by atoms with Gasteiger partial charge in [0.2, 0.25) is 5.13 Å². The maximum absolute atomic E-state index is 12.1. The van der Waals surface area contributed by atoms with Gasteiger partial charge in [0, 0.05) is 6.54 Å². The van der Waals surface area contributed by atoms with E-state index in [2.05, 4.69) is 10.2 Å². The lowest BCUT2D eigenvalue weighted by atomic mass is 10.2. The molecule has 2 rings (SSSR count). The first-order chi connectivity index (χ1) is 9.81.